The molecule has 8 heteroatoms. The number of aryl methyl sites for hydroxylation is 1. The lowest BCUT2D eigenvalue weighted by molar-refractivity contribution is -0.139. The van der Waals surface area contributed by atoms with Gasteiger partial charge in [-0.15, -0.1) is 0 Å². The standard InChI is InChI=1S/C23H32N4O4/c1-14(2)20-23(31)24-13-17-7-4-6-16(12-17)9-10-19(28)27-11-5-8-18(27)22(30)25-15(3)21(29)26-20/h4,6-7,12,14-15,18,20H,5,8-11,13H2,1-3H3,(H,24,31)(H,25,30)(H,26,29)/t15-,18-,20?/m0/s1. The Bertz CT molecular complexity index is 854. The van der Waals surface area contributed by atoms with Crippen molar-refractivity contribution in [1.29, 1.82) is 0 Å². The second-order valence-electron chi connectivity index (χ2n) is 8.74. The van der Waals surface area contributed by atoms with Crippen LogP contribution in [0.2, 0.25) is 0 Å². The Labute approximate surface area is 183 Å². The van der Waals surface area contributed by atoms with E-state index in [1.54, 1.807) is 11.8 Å². The van der Waals surface area contributed by atoms with Crippen LogP contribution in [0.5, 0.6) is 0 Å². The number of nitrogens with zero attached hydrogens (tertiary/aromatic N) is 1. The molecular formula is C23H32N4O4. The third-order valence-electron chi connectivity index (χ3n) is 5.96. The van der Waals surface area contributed by atoms with Crippen molar-refractivity contribution in [2.75, 3.05) is 6.54 Å². The Morgan fingerprint density at radius 1 is 0.968 bits per heavy atom. The molecule has 1 aromatic rings. The summed E-state index contributed by atoms with van der Waals surface area (Å²) in [4.78, 5) is 52.7. The normalized spacial score (nSPS) is 26.1. The fraction of sp³-hybridized carbons (Fsp3) is 0.565. The van der Waals surface area contributed by atoms with Crippen molar-refractivity contribution in [3.63, 3.8) is 0 Å². The molecule has 8 nitrogen and oxygen atoms in total. The lowest BCUT2D eigenvalue weighted by Gasteiger charge is -2.27. The summed E-state index contributed by atoms with van der Waals surface area (Å²) in [7, 11) is 0. The number of rotatable bonds is 1. The van der Waals surface area contributed by atoms with Gasteiger partial charge in [-0.25, -0.2) is 0 Å². The predicted molar refractivity (Wildman–Crippen MR) is 116 cm³/mol. The number of nitrogens with one attached hydrogen (secondary N) is 3. The van der Waals surface area contributed by atoms with Crippen molar-refractivity contribution in [2.24, 2.45) is 5.92 Å². The molecule has 1 saturated heterocycles. The second-order valence-corrected chi connectivity index (χ2v) is 8.74. The van der Waals surface area contributed by atoms with Gasteiger partial charge in [0.15, 0.2) is 0 Å². The average Bonchev–Trinajstić information content (AvgIpc) is 3.23. The summed E-state index contributed by atoms with van der Waals surface area (Å²) in [6, 6.07) is 5.67. The molecule has 0 aliphatic carbocycles. The summed E-state index contributed by atoms with van der Waals surface area (Å²) in [5.41, 5.74) is 1.94. The van der Waals surface area contributed by atoms with Crippen LogP contribution in [0, 0.1) is 5.92 Å². The molecule has 0 aromatic heterocycles. The quantitative estimate of drug-likeness (QED) is 0.617. The van der Waals surface area contributed by atoms with Gasteiger partial charge in [0.25, 0.3) is 0 Å². The highest BCUT2D eigenvalue weighted by Crippen LogP contribution is 2.20. The molecule has 2 aliphatic heterocycles. The monoisotopic (exact) mass is 428 g/mol. The van der Waals surface area contributed by atoms with E-state index >= 15 is 0 Å². The van der Waals surface area contributed by atoms with Crippen LogP contribution in [0.15, 0.2) is 24.3 Å². The minimum absolute atomic E-state index is 0.0577. The van der Waals surface area contributed by atoms with Crippen LogP contribution in [-0.4, -0.2) is 53.2 Å². The SMILES string of the molecule is CC(C)C1NC(=O)[C@H](C)NC(=O)[C@@H]2CCCN2C(=O)CCc2cccc(c2)CNC1=O. The molecule has 1 aromatic carbocycles. The highest BCUT2D eigenvalue weighted by molar-refractivity contribution is 5.94. The van der Waals surface area contributed by atoms with Gasteiger partial charge in [-0.05, 0) is 43.2 Å². The van der Waals surface area contributed by atoms with Crippen LogP contribution in [0.4, 0.5) is 0 Å². The summed E-state index contributed by atoms with van der Waals surface area (Å²) in [6.07, 6.45) is 2.22. The maximum atomic E-state index is 12.8. The largest absolute Gasteiger partial charge is 0.350 e. The van der Waals surface area contributed by atoms with Crippen LogP contribution in [-0.2, 0) is 32.1 Å². The molecule has 0 radical (unpaired) electrons. The first-order valence-corrected chi connectivity index (χ1v) is 11.0. The van der Waals surface area contributed by atoms with Crippen LogP contribution in [0.25, 0.3) is 0 Å². The number of benzene rings is 1. The van der Waals surface area contributed by atoms with E-state index in [0.29, 0.717) is 32.4 Å². The van der Waals surface area contributed by atoms with Gasteiger partial charge >= 0.3 is 0 Å². The van der Waals surface area contributed by atoms with Crippen molar-refractivity contribution in [3.05, 3.63) is 35.4 Å². The first kappa shape index (κ1) is 22.8. The minimum atomic E-state index is -0.815. The summed E-state index contributed by atoms with van der Waals surface area (Å²) >= 11 is 0. The van der Waals surface area contributed by atoms with E-state index in [1.807, 2.05) is 38.1 Å². The summed E-state index contributed by atoms with van der Waals surface area (Å²) in [5.74, 6) is -1.20. The number of carbonyl (C=O) groups is 4. The summed E-state index contributed by atoms with van der Waals surface area (Å²) < 4.78 is 0. The van der Waals surface area contributed by atoms with Gasteiger partial charge in [0.2, 0.25) is 23.6 Å². The van der Waals surface area contributed by atoms with Gasteiger partial charge < -0.3 is 20.9 Å². The molecule has 0 saturated carbocycles. The maximum Gasteiger partial charge on any atom is 0.243 e. The first-order valence-electron chi connectivity index (χ1n) is 11.0. The fourth-order valence-electron chi connectivity index (χ4n) is 4.12. The third kappa shape index (κ3) is 5.62. The first-order chi connectivity index (χ1) is 14.8. The molecule has 2 aliphatic rings. The van der Waals surface area contributed by atoms with E-state index in [0.717, 1.165) is 17.5 Å². The van der Waals surface area contributed by atoms with Crippen LogP contribution < -0.4 is 16.0 Å². The predicted octanol–water partition coefficient (Wildman–Crippen LogP) is 0.886. The second kappa shape index (κ2) is 9.94. The molecule has 3 atom stereocenters. The van der Waals surface area contributed by atoms with Gasteiger partial charge in [-0.2, -0.15) is 0 Å². The Morgan fingerprint density at radius 3 is 2.45 bits per heavy atom. The van der Waals surface area contributed by atoms with Crippen molar-refractivity contribution in [2.45, 2.75) is 71.1 Å². The summed E-state index contributed by atoms with van der Waals surface area (Å²) in [6.45, 7) is 6.19. The van der Waals surface area contributed by atoms with Crippen LogP contribution >= 0.6 is 0 Å². The Hall–Kier alpha value is -2.90. The smallest absolute Gasteiger partial charge is 0.243 e. The number of carbonyl (C=O) groups excluding carboxylic acids is 4. The molecular weight excluding hydrogens is 396 g/mol. The van der Waals surface area contributed by atoms with E-state index in [4.69, 9.17) is 0 Å². The number of amides is 4. The van der Waals surface area contributed by atoms with Crippen molar-refractivity contribution < 1.29 is 19.2 Å². The molecule has 2 bridgehead atoms. The highest BCUT2D eigenvalue weighted by atomic mass is 16.2. The molecule has 3 N–H and O–H groups in total. The van der Waals surface area contributed by atoms with Crippen molar-refractivity contribution in [3.8, 4) is 0 Å². The topological polar surface area (TPSA) is 108 Å². The lowest BCUT2D eigenvalue weighted by Crippen LogP contribution is -2.56. The van der Waals surface area contributed by atoms with Gasteiger partial charge in [0.1, 0.15) is 18.1 Å². The van der Waals surface area contributed by atoms with Crippen LogP contribution in [0.3, 0.4) is 0 Å². The fourth-order valence-corrected chi connectivity index (χ4v) is 4.12. The lowest BCUT2D eigenvalue weighted by atomic mass is 10.0. The highest BCUT2D eigenvalue weighted by Gasteiger charge is 2.35. The van der Waals surface area contributed by atoms with Gasteiger partial charge in [-0.3, -0.25) is 19.2 Å². The van der Waals surface area contributed by atoms with E-state index in [-0.39, 0.29) is 23.6 Å². The molecule has 168 valence electrons. The van der Waals surface area contributed by atoms with E-state index in [1.165, 1.54) is 0 Å². The van der Waals surface area contributed by atoms with E-state index < -0.39 is 24.0 Å². The Morgan fingerprint density at radius 2 is 1.71 bits per heavy atom. The maximum absolute atomic E-state index is 12.8. The zero-order valence-corrected chi connectivity index (χ0v) is 18.4. The van der Waals surface area contributed by atoms with Gasteiger partial charge in [-0.1, -0.05) is 38.1 Å². The third-order valence-corrected chi connectivity index (χ3v) is 5.96. The zero-order chi connectivity index (χ0) is 22.5. The Kier molecular flexibility index (Phi) is 7.30. The van der Waals surface area contributed by atoms with E-state index in [2.05, 4.69) is 16.0 Å². The molecule has 4 amide bonds. The number of hydrogen-bond acceptors (Lipinski definition) is 4. The van der Waals surface area contributed by atoms with Crippen molar-refractivity contribution >= 4 is 23.6 Å². The average molecular weight is 429 g/mol. The van der Waals surface area contributed by atoms with Gasteiger partial charge in [0, 0.05) is 19.5 Å². The molecule has 0 spiro atoms. The van der Waals surface area contributed by atoms with Crippen LogP contribution in [0.1, 0.15) is 51.2 Å². The molecule has 2 heterocycles. The zero-order valence-electron chi connectivity index (χ0n) is 18.4. The van der Waals surface area contributed by atoms with Crippen molar-refractivity contribution in [1.82, 2.24) is 20.9 Å². The number of fused-ring (bicyclic) bond motifs is 3. The molecule has 1 fully saturated rings. The molecule has 1 unspecified atom stereocenters. The molecule has 31 heavy (non-hydrogen) atoms. The Balaban J connectivity index is 1.85. The summed E-state index contributed by atoms with van der Waals surface area (Å²) in [5, 5.41) is 8.36. The minimum Gasteiger partial charge on any atom is -0.350 e. The van der Waals surface area contributed by atoms with Gasteiger partial charge in [0.05, 0.1) is 0 Å². The van der Waals surface area contributed by atoms with E-state index in [9.17, 15) is 19.2 Å². The molecule has 3 rings (SSSR count). The number of hydrogen-bond donors (Lipinski definition) is 3.